The SMILES string of the molecule is C[C@H](CNC(=O)OC(C)(C)C)OCc1ccccc1. The molecule has 1 aromatic carbocycles. The van der Waals surface area contributed by atoms with Gasteiger partial charge >= 0.3 is 6.09 Å². The van der Waals surface area contributed by atoms with Crippen LogP contribution in [-0.2, 0) is 16.1 Å². The first-order valence-electron chi connectivity index (χ1n) is 6.49. The van der Waals surface area contributed by atoms with Gasteiger partial charge in [-0.05, 0) is 33.3 Å². The molecule has 1 atom stereocenters. The van der Waals surface area contributed by atoms with Gasteiger partial charge < -0.3 is 14.8 Å². The molecule has 4 nitrogen and oxygen atoms in total. The Morgan fingerprint density at radius 3 is 2.47 bits per heavy atom. The Labute approximate surface area is 115 Å². The van der Waals surface area contributed by atoms with E-state index in [4.69, 9.17) is 9.47 Å². The second kappa shape index (κ2) is 7.14. The van der Waals surface area contributed by atoms with Gasteiger partial charge in [-0.1, -0.05) is 30.3 Å². The number of benzene rings is 1. The van der Waals surface area contributed by atoms with Crippen LogP contribution in [0.5, 0.6) is 0 Å². The van der Waals surface area contributed by atoms with Crippen molar-refractivity contribution in [3.8, 4) is 0 Å². The van der Waals surface area contributed by atoms with Gasteiger partial charge in [0.25, 0.3) is 0 Å². The quantitative estimate of drug-likeness (QED) is 0.889. The van der Waals surface area contributed by atoms with E-state index >= 15 is 0 Å². The van der Waals surface area contributed by atoms with Gasteiger partial charge in [-0.25, -0.2) is 4.79 Å². The summed E-state index contributed by atoms with van der Waals surface area (Å²) >= 11 is 0. The summed E-state index contributed by atoms with van der Waals surface area (Å²) in [5.74, 6) is 0. The highest BCUT2D eigenvalue weighted by molar-refractivity contribution is 5.67. The lowest BCUT2D eigenvalue weighted by molar-refractivity contribution is 0.0349. The molecule has 1 aromatic rings. The summed E-state index contributed by atoms with van der Waals surface area (Å²) in [6.45, 7) is 8.39. The maximum Gasteiger partial charge on any atom is 0.407 e. The van der Waals surface area contributed by atoms with Crippen LogP contribution in [0.4, 0.5) is 4.79 Å². The largest absolute Gasteiger partial charge is 0.444 e. The molecule has 0 aliphatic carbocycles. The van der Waals surface area contributed by atoms with E-state index in [1.807, 2.05) is 58.0 Å². The fourth-order valence-corrected chi connectivity index (χ4v) is 1.41. The highest BCUT2D eigenvalue weighted by Gasteiger charge is 2.16. The van der Waals surface area contributed by atoms with E-state index in [0.717, 1.165) is 5.56 Å². The van der Waals surface area contributed by atoms with Gasteiger partial charge in [0.2, 0.25) is 0 Å². The van der Waals surface area contributed by atoms with Gasteiger partial charge in [0, 0.05) is 6.54 Å². The van der Waals surface area contributed by atoms with Gasteiger partial charge in [-0.15, -0.1) is 0 Å². The maximum absolute atomic E-state index is 11.4. The number of carbonyl (C=O) groups excluding carboxylic acids is 1. The van der Waals surface area contributed by atoms with Gasteiger partial charge in [0.1, 0.15) is 5.60 Å². The molecule has 19 heavy (non-hydrogen) atoms. The summed E-state index contributed by atoms with van der Waals surface area (Å²) in [7, 11) is 0. The van der Waals surface area contributed by atoms with Crippen LogP contribution in [0.2, 0.25) is 0 Å². The predicted molar refractivity (Wildman–Crippen MR) is 74.9 cm³/mol. The molecule has 1 rings (SSSR count). The number of hydrogen-bond donors (Lipinski definition) is 1. The predicted octanol–water partition coefficient (Wildman–Crippen LogP) is 3.12. The van der Waals surface area contributed by atoms with E-state index in [9.17, 15) is 4.79 Å². The maximum atomic E-state index is 11.4. The molecule has 0 heterocycles. The second-order valence-corrected chi connectivity index (χ2v) is 5.49. The minimum Gasteiger partial charge on any atom is -0.444 e. The Balaban J connectivity index is 2.21. The summed E-state index contributed by atoms with van der Waals surface area (Å²) in [6, 6.07) is 9.93. The molecule has 4 heteroatoms. The third-order valence-electron chi connectivity index (χ3n) is 2.31. The van der Waals surface area contributed by atoms with Crippen LogP contribution in [0.3, 0.4) is 0 Å². The van der Waals surface area contributed by atoms with E-state index in [2.05, 4.69) is 5.32 Å². The molecule has 1 amide bonds. The molecule has 0 aliphatic rings. The third-order valence-corrected chi connectivity index (χ3v) is 2.31. The van der Waals surface area contributed by atoms with Crippen molar-refractivity contribution in [1.82, 2.24) is 5.32 Å². The number of nitrogens with one attached hydrogen (secondary N) is 1. The fourth-order valence-electron chi connectivity index (χ4n) is 1.41. The molecular formula is C15H23NO3. The Kier molecular flexibility index (Phi) is 5.83. The molecule has 1 N–H and O–H groups in total. The Morgan fingerprint density at radius 1 is 1.26 bits per heavy atom. The zero-order valence-electron chi connectivity index (χ0n) is 12.1. The van der Waals surface area contributed by atoms with E-state index < -0.39 is 11.7 Å². The average molecular weight is 265 g/mol. The molecule has 0 bridgehead atoms. The van der Waals surface area contributed by atoms with Crippen LogP contribution in [0.15, 0.2) is 30.3 Å². The molecule has 0 radical (unpaired) electrons. The number of amides is 1. The summed E-state index contributed by atoms with van der Waals surface area (Å²) in [5, 5.41) is 2.69. The fraction of sp³-hybridized carbons (Fsp3) is 0.533. The smallest absolute Gasteiger partial charge is 0.407 e. The zero-order valence-corrected chi connectivity index (χ0v) is 12.1. The van der Waals surface area contributed by atoms with Gasteiger partial charge in [0.05, 0.1) is 12.7 Å². The van der Waals surface area contributed by atoms with Crippen LogP contribution >= 0.6 is 0 Å². The molecule has 0 aliphatic heterocycles. The normalized spacial score (nSPS) is 12.8. The molecular weight excluding hydrogens is 242 g/mol. The van der Waals surface area contributed by atoms with E-state index in [0.29, 0.717) is 13.2 Å². The molecule has 0 spiro atoms. The number of alkyl carbamates (subject to hydrolysis) is 1. The van der Waals surface area contributed by atoms with Gasteiger partial charge in [-0.2, -0.15) is 0 Å². The summed E-state index contributed by atoms with van der Waals surface area (Å²) in [4.78, 5) is 11.4. The number of hydrogen-bond acceptors (Lipinski definition) is 3. The monoisotopic (exact) mass is 265 g/mol. The standard InChI is InChI=1S/C15H23NO3/c1-12(10-16-14(17)19-15(2,3)4)18-11-13-8-6-5-7-9-13/h5-9,12H,10-11H2,1-4H3,(H,16,17)/t12-/m1/s1. The van der Waals surface area contributed by atoms with Crippen molar-refractivity contribution < 1.29 is 14.3 Å². The van der Waals surface area contributed by atoms with Crippen molar-refractivity contribution in [3.63, 3.8) is 0 Å². The van der Waals surface area contributed by atoms with Crippen molar-refractivity contribution >= 4 is 6.09 Å². The van der Waals surface area contributed by atoms with Crippen LogP contribution in [-0.4, -0.2) is 24.3 Å². The lowest BCUT2D eigenvalue weighted by Crippen LogP contribution is -2.36. The second-order valence-electron chi connectivity index (χ2n) is 5.49. The highest BCUT2D eigenvalue weighted by Crippen LogP contribution is 2.07. The first-order chi connectivity index (χ1) is 8.87. The van der Waals surface area contributed by atoms with E-state index in [1.54, 1.807) is 0 Å². The van der Waals surface area contributed by atoms with Crippen molar-refractivity contribution in [3.05, 3.63) is 35.9 Å². The van der Waals surface area contributed by atoms with Crippen LogP contribution < -0.4 is 5.32 Å². The molecule has 0 aromatic heterocycles. The van der Waals surface area contributed by atoms with Crippen LogP contribution in [0.25, 0.3) is 0 Å². The molecule has 0 saturated heterocycles. The van der Waals surface area contributed by atoms with Gasteiger partial charge in [-0.3, -0.25) is 0 Å². The molecule has 0 fully saturated rings. The minimum absolute atomic E-state index is 0.0623. The van der Waals surface area contributed by atoms with E-state index in [-0.39, 0.29) is 6.10 Å². The summed E-state index contributed by atoms with van der Waals surface area (Å²) in [6.07, 6.45) is -0.476. The van der Waals surface area contributed by atoms with Crippen molar-refractivity contribution in [2.45, 2.75) is 46.0 Å². The minimum atomic E-state index is -0.474. The Hall–Kier alpha value is -1.55. The van der Waals surface area contributed by atoms with E-state index in [1.165, 1.54) is 0 Å². The zero-order chi connectivity index (χ0) is 14.3. The Bertz CT molecular complexity index is 384. The Morgan fingerprint density at radius 2 is 1.89 bits per heavy atom. The molecule has 106 valence electrons. The molecule has 0 unspecified atom stereocenters. The lowest BCUT2D eigenvalue weighted by atomic mass is 10.2. The first kappa shape index (κ1) is 15.5. The van der Waals surface area contributed by atoms with Crippen molar-refractivity contribution in [2.24, 2.45) is 0 Å². The lowest BCUT2D eigenvalue weighted by Gasteiger charge is -2.21. The first-order valence-corrected chi connectivity index (χ1v) is 6.49. The average Bonchev–Trinajstić information content (AvgIpc) is 2.33. The number of rotatable bonds is 5. The van der Waals surface area contributed by atoms with Crippen molar-refractivity contribution in [1.29, 1.82) is 0 Å². The molecule has 0 saturated carbocycles. The van der Waals surface area contributed by atoms with Crippen LogP contribution in [0, 0.1) is 0 Å². The van der Waals surface area contributed by atoms with Crippen molar-refractivity contribution in [2.75, 3.05) is 6.54 Å². The summed E-state index contributed by atoms with van der Waals surface area (Å²) in [5.41, 5.74) is 0.643. The number of ether oxygens (including phenoxy) is 2. The summed E-state index contributed by atoms with van der Waals surface area (Å²) < 4.78 is 10.8. The highest BCUT2D eigenvalue weighted by atomic mass is 16.6. The number of carbonyl (C=O) groups is 1. The topological polar surface area (TPSA) is 47.6 Å². The van der Waals surface area contributed by atoms with Gasteiger partial charge in [0.15, 0.2) is 0 Å². The van der Waals surface area contributed by atoms with Crippen LogP contribution in [0.1, 0.15) is 33.3 Å². The third kappa shape index (κ3) is 7.47.